The summed E-state index contributed by atoms with van der Waals surface area (Å²) in [6.45, 7) is 1.51. The van der Waals surface area contributed by atoms with Gasteiger partial charge in [-0.25, -0.2) is 17.9 Å². The van der Waals surface area contributed by atoms with Crippen LogP contribution in [0.3, 0.4) is 0 Å². The zero-order valence-corrected chi connectivity index (χ0v) is 16.7. The van der Waals surface area contributed by atoms with E-state index in [1.807, 2.05) is 17.0 Å². The minimum Gasteiger partial charge on any atom is -0.268 e. The lowest BCUT2D eigenvalue weighted by atomic mass is 10.0. The van der Waals surface area contributed by atoms with Crippen LogP contribution in [0.1, 0.15) is 30.5 Å². The van der Waals surface area contributed by atoms with Crippen LogP contribution >= 0.6 is 11.6 Å². The zero-order valence-electron chi connectivity index (χ0n) is 15.1. The number of rotatable bonds is 3. The Morgan fingerprint density at radius 3 is 2.82 bits per heavy atom. The monoisotopic (exact) mass is 418 g/mol. The zero-order chi connectivity index (χ0) is 19.3. The molecule has 146 valence electrons. The number of aromatic nitrogens is 5. The van der Waals surface area contributed by atoms with Crippen LogP contribution in [0.2, 0.25) is 5.02 Å². The Labute approximate surface area is 167 Å². The first-order valence-electron chi connectivity index (χ1n) is 9.27. The summed E-state index contributed by atoms with van der Waals surface area (Å²) in [5.74, 6) is 0. The summed E-state index contributed by atoms with van der Waals surface area (Å²) in [5.41, 5.74) is 3.39. The molecule has 0 spiro atoms. The van der Waals surface area contributed by atoms with Gasteiger partial charge in [0.25, 0.3) is 0 Å². The van der Waals surface area contributed by atoms with E-state index in [9.17, 15) is 8.42 Å². The molecule has 8 nitrogen and oxygen atoms in total. The summed E-state index contributed by atoms with van der Waals surface area (Å²) in [4.78, 5) is 4.48. The van der Waals surface area contributed by atoms with E-state index in [1.165, 1.54) is 16.8 Å². The Bertz CT molecular complexity index is 1200. The topological polar surface area (TPSA) is 85.4 Å². The van der Waals surface area contributed by atoms with Crippen LogP contribution in [0.5, 0.6) is 0 Å². The van der Waals surface area contributed by atoms with Crippen molar-refractivity contribution in [2.75, 3.05) is 13.1 Å². The fourth-order valence-electron chi connectivity index (χ4n) is 3.93. The summed E-state index contributed by atoms with van der Waals surface area (Å²) >= 11 is 6.42. The fraction of sp³-hybridized carbons (Fsp3) is 0.389. The summed E-state index contributed by atoms with van der Waals surface area (Å²) in [7, 11) is -3.56. The van der Waals surface area contributed by atoms with Crippen LogP contribution in [0.15, 0.2) is 35.8 Å². The molecule has 3 aromatic heterocycles. The first-order valence-corrected chi connectivity index (χ1v) is 11.1. The molecule has 10 heteroatoms. The Kier molecular flexibility index (Phi) is 4.26. The molecule has 5 heterocycles. The molecule has 0 unspecified atom stereocenters. The molecule has 0 amide bonds. The Morgan fingerprint density at radius 1 is 1.11 bits per heavy atom. The highest BCUT2D eigenvalue weighted by molar-refractivity contribution is 7.89. The largest absolute Gasteiger partial charge is 0.268 e. The average Bonchev–Trinajstić information content (AvgIpc) is 3.34. The molecule has 3 aromatic rings. The number of aryl methyl sites for hydroxylation is 1. The third-order valence-corrected chi connectivity index (χ3v) is 7.67. The molecule has 0 fully saturated rings. The van der Waals surface area contributed by atoms with Gasteiger partial charge in [0.05, 0.1) is 16.9 Å². The van der Waals surface area contributed by atoms with Crippen molar-refractivity contribution >= 4 is 32.8 Å². The highest BCUT2D eigenvalue weighted by Gasteiger charge is 2.31. The molecule has 2 aliphatic heterocycles. The first-order chi connectivity index (χ1) is 13.5. The van der Waals surface area contributed by atoms with E-state index in [0.29, 0.717) is 35.1 Å². The van der Waals surface area contributed by atoms with E-state index in [-0.39, 0.29) is 0 Å². The van der Waals surface area contributed by atoms with Crippen LogP contribution < -0.4 is 0 Å². The summed E-state index contributed by atoms with van der Waals surface area (Å²) in [5, 5.41) is 9.02. The predicted molar refractivity (Wildman–Crippen MR) is 105 cm³/mol. The first kappa shape index (κ1) is 17.8. The molecule has 0 atom stereocenters. The van der Waals surface area contributed by atoms with Crippen molar-refractivity contribution in [1.82, 2.24) is 28.7 Å². The normalized spacial score (nSPS) is 18.2. The van der Waals surface area contributed by atoms with Gasteiger partial charge >= 0.3 is 0 Å². The van der Waals surface area contributed by atoms with Crippen molar-refractivity contribution in [3.8, 4) is 0 Å². The quantitative estimate of drug-likeness (QED) is 0.652. The SMILES string of the molecule is O=S(=O)(c1cnn2c1CCCC2)N1CC=C(c2cn3ncnc3cc2Cl)CC1. The van der Waals surface area contributed by atoms with Crippen LogP contribution in [0.4, 0.5) is 0 Å². The Morgan fingerprint density at radius 2 is 2.00 bits per heavy atom. The minimum absolute atomic E-state index is 0.314. The molecule has 0 saturated heterocycles. The van der Waals surface area contributed by atoms with Gasteiger partial charge in [0, 0.05) is 37.5 Å². The number of halogens is 1. The molecule has 0 saturated carbocycles. The third-order valence-electron chi connectivity index (χ3n) is 5.44. The van der Waals surface area contributed by atoms with Gasteiger partial charge in [0.15, 0.2) is 5.65 Å². The second-order valence-corrected chi connectivity index (χ2v) is 9.39. The lowest BCUT2D eigenvalue weighted by Crippen LogP contribution is -2.35. The predicted octanol–water partition coefficient (Wildman–Crippen LogP) is 2.39. The highest BCUT2D eigenvalue weighted by Crippen LogP contribution is 2.32. The Balaban J connectivity index is 1.43. The lowest BCUT2D eigenvalue weighted by Gasteiger charge is -2.26. The molecule has 5 rings (SSSR count). The van der Waals surface area contributed by atoms with Gasteiger partial charge in [-0.15, -0.1) is 0 Å². The van der Waals surface area contributed by atoms with Crippen LogP contribution in [0, 0.1) is 0 Å². The van der Waals surface area contributed by atoms with Crippen molar-refractivity contribution in [3.63, 3.8) is 0 Å². The van der Waals surface area contributed by atoms with Gasteiger partial charge in [-0.05, 0) is 31.3 Å². The van der Waals surface area contributed by atoms with Gasteiger partial charge in [-0.1, -0.05) is 17.7 Å². The van der Waals surface area contributed by atoms with Gasteiger partial charge < -0.3 is 0 Å². The molecular formula is C18H19ClN6O2S. The standard InChI is InChI=1S/C18H19ClN6O2S/c19-15-9-18-20-12-22-25(18)11-14(15)13-4-7-23(8-5-13)28(26,27)17-10-21-24-6-2-1-3-16(17)24/h4,9-12H,1-3,5-8H2. The molecule has 0 aliphatic carbocycles. The van der Waals surface area contributed by atoms with Crippen molar-refractivity contribution < 1.29 is 8.42 Å². The lowest BCUT2D eigenvalue weighted by molar-refractivity contribution is 0.437. The second-order valence-electron chi connectivity index (χ2n) is 7.08. The van der Waals surface area contributed by atoms with E-state index in [4.69, 9.17) is 11.6 Å². The van der Waals surface area contributed by atoms with E-state index >= 15 is 0 Å². The van der Waals surface area contributed by atoms with Gasteiger partial charge in [-0.2, -0.15) is 14.5 Å². The molecule has 0 aromatic carbocycles. The summed E-state index contributed by atoms with van der Waals surface area (Å²) < 4.78 is 31.3. The highest BCUT2D eigenvalue weighted by atomic mass is 35.5. The molecule has 2 aliphatic rings. The van der Waals surface area contributed by atoms with Gasteiger partial charge in [0.1, 0.15) is 11.2 Å². The number of nitrogens with zero attached hydrogens (tertiary/aromatic N) is 6. The van der Waals surface area contributed by atoms with E-state index in [1.54, 1.807) is 10.6 Å². The fourth-order valence-corrected chi connectivity index (χ4v) is 5.77. The minimum atomic E-state index is -3.56. The van der Waals surface area contributed by atoms with Crippen molar-refractivity contribution in [3.05, 3.63) is 47.1 Å². The smallest absolute Gasteiger partial charge is 0.246 e. The average molecular weight is 419 g/mol. The number of fused-ring (bicyclic) bond motifs is 2. The summed E-state index contributed by atoms with van der Waals surface area (Å²) in [6.07, 6.45) is 10.1. The van der Waals surface area contributed by atoms with Crippen molar-refractivity contribution in [1.29, 1.82) is 0 Å². The van der Waals surface area contributed by atoms with Crippen molar-refractivity contribution in [2.45, 2.75) is 37.1 Å². The molecule has 0 radical (unpaired) electrons. The maximum absolute atomic E-state index is 13.2. The van der Waals surface area contributed by atoms with Gasteiger partial charge in [0.2, 0.25) is 10.0 Å². The van der Waals surface area contributed by atoms with Gasteiger partial charge in [-0.3, -0.25) is 4.68 Å². The number of hydrogen-bond donors (Lipinski definition) is 0. The van der Waals surface area contributed by atoms with Crippen LogP contribution in [0.25, 0.3) is 11.2 Å². The summed E-state index contributed by atoms with van der Waals surface area (Å²) in [6, 6.07) is 1.77. The van der Waals surface area contributed by atoms with E-state index in [0.717, 1.165) is 42.6 Å². The Hall–Kier alpha value is -2.23. The number of hydrogen-bond acceptors (Lipinski definition) is 5. The molecular weight excluding hydrogens is 400 g/mol. The van der Waals surface area contributed by atoms with Crippen LogP contribution in [-0.4, -0.2) is 50.2 Å². The molecule has 0 bridgehead atoms. The van der Waals surface area contributed by atoms with E-state index < -0.39 is 10.0 Å². The third kappa shape index (κ3) is 2.85. The van der Waals surface area contributed by atoms with E-state index in [2.05, 4.69) is 15.2 Å². The number of pyridine rings is 1. The molecule has 0 N–H and O–H groups in total. The van der Waals surface area contributed by atoms with Crippen LogP contribution in [-0.2, 0) is 23.0 Å². The maximum Gasteiger partial charge on any atom is 0.246 e. The van der Waals surface area contributed by atoms with Crippen molar-refractivity contribution in [2.24, 2.45) is 0 Å². The second kappa shape index (κ2) is 6.68. The number of sulfonamides is 1. The molecule has 28 heavy (non-hydrogen) atoms. The maximum atomic E-state index is 13.2.